The van der Waals surface area contributed by atoms with Gasteiger partial charge in [0.15, 0.2) is 0 Å². The van der Waals surface area contributed by atoms with Gasteiger partial charge in [-0.15, -0.1) is 0 Å². The summed E-state index contributed by atoms with van der Waals surface area (Å²) in [7, 11) is 1.88. The molecule has 3 rings (SSSR count). The van der Waals surface area contributed by atoms with Gasteiger partial charge >= 0.3 is 0 Å². The third-order valence-corrected chi connectivity index (χ3v) is 5.11. The summed E-state index contributed by atoms with van der Waals surface area (Å²) in [6, 6.07) is 18.5. The molecule has 26 heavy (non-hydrogen) atoms. The molecule has 1 amide bonds. The van der Waals surface area contributed by atoms with Crippen LogP contribution in [0.1, 0.15) is 25.0 Å². The molecule has 1 heterocycles. The number of benzene rings is 2. The van der Waals surface area contributed by atoms with E-state index in [0.29, 0.717) is 6.54 Å². The van der Waals surface area contributed by atoms with Crippen molar-refractivity contribution in [1.82, 2.24) is 4.90 Å². The molecule has 0 bridgehead atoms. The lowest BCUT2D eigenvalue weighted by Crippen LogP contribution is -2.41. The Hall–Kier alpha value is -2.33. The quantitative estimate of drug-likeness (QED) is 0.826. The number of nitrogens with zero attached hydrogens (tertiary/aromatic N) is 2. The standard InChI is InChI=1S/C22H28N2O2/c1-22(2,19-7-5-4-6-8-19)21(25)23(3)17-18-9-11-20(12-10-18)24-13-15-26-16-14-24/h4-12H,13-17H2,1-3H3. The van der Waals surface area contributed by atoms with Crippen LogP contribution in [0, 0.1) is 0 Å². The SMILES string of the molecule is CN(Cc1ccc(N2CCOCC2)cc1)C(=O)C(C)(C)c1ccccc1. The van der Waals surface area contributed by atoms with Gasteiger partial charge in [-0.2, -0.15) is 0 Å². The topological polar surface area (TPSA) is 32.8 Å². The predicted octanol–water partition coefficient (Wildman–Crippen LogP) is 3.46. The summed E-state index contributed by atoms with van der Waals surface area (Å²) in [6.45, 7) is 8.02. The predicted molar refractivity (Wildman–Crippen MR) is 105 cm³/mol. The number of hydrogen-bond donors (Lipinski definition) is 0. The molecule has 0 spiro atoms. The van der Waals surface area contributed by atoms with Gasteiger partial charge in [0.05, 0.1) is 18.6 Å². The van der Waals surface area contributed by atoms with Crippen LogP contribution in [0.2, 0.25) is 0 Å². The van der Waals surface area contributed by atoms with Crippen molar-refractivity contribution in [3.8, 4) is 0 Å². The van der Waals surface area contributed by atoms with Crippen LogP contribution in [0.3, 0.4) is 0 Å². The lowest BCUT2D eigenvalue weighted by molar-refractivity contribution is -0.135. The highest BCUT2D eigenvalue weighted by atomic mass is 16.5. The average Bonchev–Trinajstić information content (AvgIpc) is 2.69. The maximum atomic E-state index is 13.0. The number of likely N-dealkylation sites (N-methyl/N-ethyl adjacent to an activating group) is 1. The summed E-state index contributed by atoms with van der Waals surface area (Å²) >= 11 is 0. The van der Waals surface area contributed by atoms with Crippen LogP contribution in [-0.2, 0) is 21.5 Å². The lowest BCUT2D eigenvalue weighted by Gasteiger charge is -2.30. The molecule has 0 atom stereocenters. The van der Waals surface area contributed by atoms with E-state index in [4.69, 9.17) is 4.74 Å². The van der Waals surface area contributed by atoms with E-state index in [1.54, 1.807) is 0 Å². The molecular formula is C22H28N2O2. The molecule has 0 radical (unpaired) electrons. The van der Waals surface area contributed by atoms with Crippen LogP contribution in [0.25, 0.3) is 0 Å². The normalized spacial score (nSPS) is 15.0. The number of rotatable bonds is 5. The number of morpholine rings is 1. The van der Waals surface area contributed by atoms with Gasteiger partial charge in [0, 0.05) is 32.4 Å². The molecule has 0 unspecified atom stereocenters. The van der Waals surface area contributed by atoms with Crippen LogP contribution in [0.5, 0.6) is 0 Å². The van der Waals surface area contributed by atoms with Crippen molar-refractivity contribution >= 4 is 11.6 Å². The van der Waals surface area contributed by atoms with Gasteiger partial charge in [-0.1, -0.05) is 42.5 Å². The van der Waals surface area contributed by atoms with Gasteiger partial charge in [0.25, 0.3) is 0 Å². The fourth-order valence-electron chi connectivity index (χ4n) is 3.43. The Kier molecular flexibility index (Phi) is 5.62. The minimum Gasteiger partial charge on any atom is -0.378 e. The Morgan fingerprint density at radius 2 is 1.65 bits per heavy atom. The molecule has 0 saturated carbocycles. The Labute approximate surface area is 156 Å². The molecule has 2 aromatic carbocycles. The molecule has 0 aromatic heterocycles. The summed E-state index contributed by atoms with van der Waals surface area (Å²) in [5, 5.41) is 0. The van der Waals surface area contributed by atoms with Gasteiger partial charge < -0.3 is 14.5 Å². The van der Waals surface area contributed by atoms with E-state index in [1.807, 2.05) is 56.1 Å². The largest absolute Gasteiger partial charge is 0.378 e. The zero-order chi connectivity index (χ0) is 18.6. The first-order chi connectivity index (χ1) is 12.5. The molecule has 0 N–H and O–H groups in total. The summed E-state index contributed by atoms with van der Waals surface area (Å²) < 4.78 is 5.41. The molecule has 1 aliphatic heterocycles. The molecule has 138 valence electrons. The van der Waals surface area contributed by atoms with E-state index >= 15 is 0 Å². The molecule has 1 aliphatic rings. The smallest absolute Gasteiger partial charge is 0.232 e. The molecule has 4 heteroatoms. The Balaban J connectivity index is 1.65. The highest BCUT2D eigenvalue weighted by Gasteiger charge is 2.32. The zero-order valence-electron chi connectivity index (χ0n) is 15.9. The summed E-state index contributed by atoms with van der Waals surface area (Å²) in [5.74, 6) is 0.126. The second kappa shape index (κ2) is 7.92. The van der Waals surface area contributed by atoms with Crippen molar-refractivity contribution in [3.05, 3.63) is 65.7 Å². The van der Waals surface area contributed by atoms with Crippen molar-refractivity contribution in [2.75, 3.05) is 38.3 Å². The zero-order valence-corrected chi connectivity index (χ0v) is 15.9. The first-order valence-electron chi connectivity index (χ1n) is 9.21. The van der Waals surface area contributed by atoms with Gasteiger partial charge in [-0.3, -0.25) is 4.79 Å². The summed E-state index contributed by atoms with van der Waals surface area (Å²) in [6.07, 6.45) is 0. The van der Waals surface area contributed by atoms with Crippen molar-refractivity contribution in [2.45, 2.75) is 25.8 Å². The van der Waals surface area contributed by atoms with E-state index in [1.165, 1.54) is 5.69 Å². The Morgan fingerprint density at radius 1 is 1.04 bits per heavy atom. The molecule has 0 aliphatic carbocycles. The Bertz CT molecular complexity index is 720. The molecule has 1 fully saturated rings. The van der Waals surface area contributed by atoms with E-state index in [-0.39, 0.29) is 5.91 Å². The van der Waals surface area contributed by atoms with Crippen LogP contribution >= 0.6 is 0 Å². The van der Waals surface area contributed by atoms with Gasteiger partial charge in [-0.05, 0) is 37.1 Å². The fraction of sp³-hybridized carbons (Fsp3) is 0.409. The first-order valence-corrected chi connectivity index (χ1v) is 9.21. The summed E-state index contributed by atoms with van der Waals surface area (Å²) in [4.78, 5) is 17.1. The minimum atomic E-state index is -0.538. The van der Waals surface area contributed by atoms with Crippen LogP contribution in [-0.4, -0.2) is 44.2 Å². The third-order valence-electron chi connectivity index (χ3n) is 5.11. The highest BCUT2D eigenvalue weighted by Crippen LogP contribution is 2.26. The van der Waals surface area contributed by atoms with Crippen LogP contribution in [0.4, 0.5) is 5.69 Å². The second-order valence-electron chi connectivity index (χ2n) is 7.42. The first kappa shape index (κ1) is 18.5. The number of ether oxygens (including phenoxy) is 1. The van der Waals surface area contributed by atoms with Crippen LogP contribution in [0.15, 0.2) is 54.6 Å². The van der Waals surface area contributed by atoms with Crippen molar-refractivity contribution in [3.63, 3.8) is 0 Å². The maximum Gasteiger partial charge on any atom is 0.232 e. The molecule has 2 aromatic rings. The fourth-order valence-corrected chi connectivity index (χ4v) is 3.43. The second-order valence-corrected chi connectivity index (χ2v) is 7.42. The average molecular weight is 352 g/mol. The van der Waals surface area contributed by atoms with Crippen molar-refractivity contribution < 1.29 is 9.53 Å². The van der Waals surface area contributed by atoms with E-state index in [9.17, 15) is 4.79 Å². The Morgan fingerprint density at radius 3 is 2.27 bits per heavy atom. The van der Waals surface area contributed by atoms with Gasteiger partial charge in [0.2, 0.25) is 5.91 Å². The van der Waals surface area contributed by atoms with Gasteiger partial charge in [0.1, 0.15) is 0 Å². The van der Waals surface area contributed by atoms with E-state index in [2.05, 4.69) is 29.2 Å². The number of amides is 1. The van der Waals surface area contributed by atoms with Crippen LogP contribution < -0.4 is 4.90 Å². The monoisotopic (exact) mass is 352 g/mol. The number of carbonyl (C=O) groups is 1. The molecule has 1 saturated heterocycles. The van der Waals surface area contributed by atoms with Crippen molar-refractivity contribution in [2.24, 2.45) is 0 Å². The number of carbonyl (C=O) groups excluding carboxylic acids is 1. The van der Waals surface area contributed by atoms with E-state index < -0.39 is 5.41 Å². The number of hydrogen-bond acceptors (Lipinski definition) is 3. The number of anilines is 1. The minimum absolute atomic E-state index is 0.126. The summed E-state index contributed by atoms with van der Waals surface area (Å²) in [5.41, 5.74) is 2.86. The molecular weight excluding hydrogens is 324 g/mol. The van der Waals surface area contributed by atoms with Crippen molar-refractivity contribution in [1.29, 1.82) is 0 Å². The maximum absolute atomic E-state index is 13.0. The molecule has 4 nitrogen and oxygen atoms in total. The third kappa shape index (κ3) is 4.07. The highest BCUT2D eigenvalue weighted by molar-refractivity contribution is 5.87. The lowest BCUT2D eigenvalue weighted by atomic mass is 9.83. The van der Waals surface area contributed by atoms with E-state index in [0.717, 1.165) is 37.4 Å². The van der Waals surface area contributed by atoms with Gasteiger partial charge in [-0.25, -0.2) is 0 Å².